The van der Waals surface area contributed by atoms with E-state index in [1.807, 2.05) is 30.3 Å². The van der Waals surface area contributed by atoms with Gasteiger partial charge >= 0.3 is 18.1 Å². The third-order valence-corrected chi connectivity index (χ3v) is 6.18. The fourth-order valence-corrected chi connectivity index (χ4v) is 4.38. The predicted molar refractivity (Wildman–Crippen MR) is 124 cm³/mol. The highest BCUT2D eigenvalue weighted by atomic mass is 19.4. The number of carbonyl (C=O) groups excluding carboxylic acids is 2. The van der Waals surface area contributed by atoms with Crippen molar-refractivity contribution in [1.82, 2.24) is 10.2 Å². The minimum atomic E-state index is -5.31. The Kier molecular flexibility index (Phi) is 5.38. The maximum Gasteiger partial charge on any atom is 0.491 e. The molecule has 1 saturated heterocycles. The van der Waals surface area contributed by atoms with Crippen molar-refractivity contribution in [2.75, 3.05) is 7.05 Å². The highest BCUT2D eigenvalue weighted by molar-refractivity contribution is 5.95. The van der Waals surface area contributed by atoms with Crippen LogP contribution in [0.4, 0.5) is 13.2 Å². The van der Waals surface area contributed by atoms with E-state index < -0.39 is 29.6 Å². The summed E-state index contributed by atoms with van der Waals surface area (Å²) in [7, 11) is 1.16. The number of nitrogens with zero attached hydrogens (tertiary/aromatic N) is 1. The number of alkyl halides is 3. The van der Waals surface area contributed by atoms with E-state index in [9.17, 15) is 22.8 Å². The number of halogens is 3. The molecule has 1 aromatic heterocycles. The maximum atomic E-state index is 13.8. The van der Waals surface area contributed by atoms with Gasteiger partial charge in [-0.3, -0.25) is 15.4 Å². The highest BCUT2D eigenvalue weighted by Gasteiger charge is 2.62. The minimum absolute atomic E-state index is 0.360. The fraction of sp³-hybridized carbons (Fsp3) is 0.154. The molecule has 2 unspecified atom stereocenters. The molecule has 5 rings (SSSR count). The standard InChI is InChI=1S/C26H20F3N3O4/c1-32-22(33)24(18-10-3-2-4-11-18,31-26(32,30)36-23(34)25(27,28)29)19-12-7-9-16(14-19)21-15-17-8-5-6-13-20(17)35-21/h2-15,31H,30H2,1H3. The molecule has 0 bridgehead atoms. The number of nitrogens with one attached hydrogen (secondary N) is 1. The van der Waals surface area contributed by atoms with Gasteiger partial charge < -0.3 is 9.15 Å². The summed E-state index contributed by atoms with van der Waals surface area (Å²) in [4.78, 5) is 26.2. The number of fused-ring (bicyclic) bond motifs is 1. The Bertz CT molecular complexity index is 1440. The van der Waals surface area contributed by atoms with Gasteiger partial charge in [0.2, 0.25) is 0 Å². The van der Waals surface area contributed by atoms with Crippen LogP contribution in [0.2, 0.25) is 0 Å². The Labute approximate surface area is 203 Å². The minimum Gasteiger partial charge on any atom is -0.456 e. The lowest BCUT2D eigenvalue weighted by Crippen LogP contribution is -2.64. The number of rotatable bonds is 4. The van der Waals surface area contributed by atoms with Crippen LogP contribution in [0, 0.1) is 0 Å². The van der Waals surface area contributed by atoms with Gasteiger partial charge in [0, 0.05) is 18.0 Å². The van der Waals surface area contributed by atoms with Crippen molar-refractivity contribution in [3.8, 4) is 11.3 Å². The van der Waals surface area contributed by atoms with Crippen LogP contribution in [0.3, 0.4) is 0 Å². The summed E-state index contributed by atoms with van der Waals surface area (Å²) in [6.45, 7) is 0. The molecule has 184 valence electrons. The van der Waals surface area contributed by atoms with Gasteiger partial charge in [0.15, 0.2) is 5.54 Å². The summed E-state index contributed by atoms with van der Waals surface area (Å²) >= 11 is 0. The van der Waals surface area contributed by atoms with Gasteiger partial charge in [-0.15, -0.1) is 0 Å². The Balaban J connectivity index is 1.65. The Morgan fingerprint density at radius 1 is 0.972 bits per heavy atom. The van der Waals surface area contributed by atoms with Crippen LogP contribution in [-0.4, -0.2) is 36.0 Å². The summed E-state index contributed by atoms with van der Waals surface area (Å²) < 4.78 is 49.5. The number of hydrogen-bond acceptors (Lipinski definition) is 6. The van der Waals surface area contributed by atoms with Crippen LogP contribution in [0.1, 0.15) is 11.1 Å². The van der Waals surface area contributed by atoms with Crippen molar-refractivity contribution in [1.29, 1.82) is 0 Å². The normalized spacial score (nSPS) is 22.2. The maximum absolute atomic E-state index is 13.8. The predicted octanol–water partition coefficient (Wildman–Crippen LogP) is 4.08. The van der Waals surface area contributed by atoms with E-state index in [0.29, 0.717) is 28.0 Å². The zero-order valence-corrected chi connectivity index (χ0v) is 18.9. The number of nitrogens with two attached hydrogens (primary N) is 1. The quantitative estimate of drug-likeness (QED) is 0.327. The molecule has 3 aromatic carbocycles. The van der Waals surface area contributed by atoms with E-state index >= 15 is 0 Å². The molecule has 2 heterocycles. The number of amides is 1. The van der Waals surface area contributed by atoms with E-state index in [1.165, 1.54) is 0 Å². The zero-order valence-electron chi connectivity index (χ0n) is 18.9. The van der Waals surface area contributed by atoms with E-state index in [1.54, 1.807) is 54.6 Å². The Morgan fingerprint density at radius 3 is 2.33 bits per heavy atom. The second kappa shape index (κ2) is 8.21. The van der Waals surface area contributed by atoms with E-state index in [-0.39, 0.29) is 0 Å². The van der Waals surface area contributed by atoms with Crippen LogP contribution >= 0.6 is 0 Å². The molecule has 1 aliphatic heterocycles. The first kappa shape index (κ1) is 23.6. The van der Waals surface area contributed by atoms with Crippen LogP contribution in [0.25, 0.3) is 22.3 Å². The number of para-hydroxylation sites is 1. The highest BCUT2D eigenvalue weighted by Crippen LogP contribution is 2.41. The van der Waals surface area contributed by atoms with Crippen molar-refractivity contribution in [2.24, 2.45) is 5.73 Å². The second-order valence-corrected chi connectivity index (χ2v) is 8.42. The van der Waals surface area contributed by atoms with Crippen LogP contribution in [0.15, 0.2) is 89.3 Å². The van der Waals surface area contributed by atoms with Crippen molar-refractivity contribution < 1.29 is 31.9 Å². The van der Waals surface area contributed by atoms with Gasteiger partial charge in [-0.1, -0.05) is 66.7 Å². The molecule has 1 amide bonds. The second-order valence-electron chi connectivity index (χ2n) is 8.42. The molecule has 0 aliphatic carbocycles. The van der Waals surface area contributed by atoms with Crippen LogP contribution in [-0.2, 0) is 19.9 Å². The summed E-state index contributed by atoms with van der Waals surface area (Å²) in [5, 5.41) is 3.58. The van der Waals surface area contributed by atoms with Gasteiger partial charge in [-0.2, -0.15) is 13.2 Å². The summed E-state index contributed by atoms with van der Waals surface area (Å²) in [5.41, 5.74) is 6.35. The molecule has 3 N–H and O–H groups in total. The van der Waals surface area contributed by atoms with Gasteiger partial charge in [0.1, 0.15) is 11.3 Å². The topological polar surface area (TPSA) is 97.8 Å². The van der Waals surface area contributed by atoms with Gasteiger partial charge in [-0.05, 0) is 29.3 Å². The number of carbonyl (C=O) groups is 2. The molecule has 36 heavy (non-hydrogen) atoms. The molecule has 1 aliphatic rings. The van der Waals surface area contributed by atoms with Crippen LogP contribution < -0.4 is 11.1 Å². The number of esters is 1. The van der Waals surface area contributed by atoms with Gasteiger partial charge in [0.05, 0.1) is 0 Å². The first-order valence-electron chi connectivity index (χ1n) is 10.9. The molecule has 0 radical (unpaired) electrons. The van der Waals surface area contributed by atoms with E-state index in [2.05, 4.69) is 10.1 Å². The van der Waals surface area contributed by atoms with Crippen molar-refractivity contribution in [2.45, 2.75) is 17.7 Å². The first-order valence-corrected chi connectivity index (χ1v) is 10.9. The monoisotopic (exact) mass is 495 g/mol. The van der Waals surface area contributed by atoms with E-state index in [0.717, 1.165) is 17.3 Å². The molecule has 1 fully saturated rings. The summed E-state index contributed by atoms with van der Waals surface area (Å²) in [6, 6.07) is 24.4. The lowest BCUT2D eigenvalue weighted by atomic mass is 9.82. The van der Waals surface area contributed by atoms with Crippen LogP contribution in [0.5, 0.6) is 0 Å². The average molecular weight is 495 g/mol. The number of hydrogen-bond donors (Lipinski definition) is 2. The molecule has 4 aromatic rings. The Hall–Kier alpha value is -4.15. The van der Waals surface area contributed by atoms with Gasteiger partial charge in [-0.25, -0.2) is 10.1 Å². The molecule has 10 heteroatoms. The lowest BCUT2D eigenvalue weighted by Gasteiger charge is -2.32. The fourth-order valence-electron chi connectivity index (χ4n) is 4.38. The SMILES string of the molecule is CN1C(=O)C(c2ccccc2)(c2cccc(-c3cc4ccccc4o3)c2)NC1(N)OC(=O)C(F)(F)F. The van der Waals surface area contributed by atoms with E-state index in [4.69, 9.17) is 10.2 Å². The third-order valence-electron chi connectivity index (χ3n) is 6.18. The van der Waals surface area contributed by atoms with Crippen molar-refractivity contribution in [3.05, 3.63) is 96.1 Å². The van der Waals surface area contributed by atoms with Crippen molar-refractivity contribution >= 4 is 22.8 Å². The van der Waals surface area contributed by atoms with Gasteiger partial charge in [0.25, 0.3) is 5.91 Å². The lowest BCUT2D eigenvalue weighted by molar-refractivity contribution is -0.228. The number of furan rings is 1. The molecular weight excluding hydrogens is 475 g/mol. The molecule has 7 nitrogen and oxygen atoms in total. The summed E-state index contributed by atoms with van der Waals surface area (Å²) in [5.74, 6) is -5.29. The third kappa shape index (κ3) is 3.71. The number of likely N-dealkylation sites (N-methyl/N-ethyl adjacent to an activating group) is 1. The number of benzene rings is 3. The first-order chi connectivity index (χ1) is 17.0. The summed E-state index contributed by atoms with van der Waals surface area (Å²) in [6.07, 6.45) is -5.31. The number of ether oxygens (including phenoxy) is 1. The van der Waals surface area contributed by atoms with Crippen molar-refractivity contribution in [3.63, 3.8) is 0 Å². The average Bonchev–Trinajstić information content (AvgIpc) is 3.38. The molecule has 0 saturated carbocycles. The largest absolute Gasteiger partial charge is 0.491 e. The molecule has 0 spiro atoms. The Morgan fingerprint density at radius 2 is 1.64 bits per heavy atom. The molecular formula is C26H20F3N3O4. The zero-order chi connectivity index (χ0) is 25.7. The molecule has 2 atom stereocenters. The smallest absolute Gasteiger partial charge is 0.456 e.